The fourth-order valence-corrected chi connectivity index (χ4v) is 0. The Morgan fingerprint density at radius 1 is 1.33 bits per heavy atom. The van der Waals surface area contributed by atoms with E-state index in [1.54, 1.807) is 0 Å². The predicted molar refractivity (Wildman–Crippen MR) is 8.72 cm³/mol. The Morgan fingerprint density at radius 3 is 1.33 bits per heavy atom. The second kappa shape index (κ2) is 3.71. The SMILES string of the molecule is O=P([O-])([O-])[O-].[H+].[K+]. The third-order valence-electron chi connectivity index (χ3n) is 0. The van der Waals surface area contributed by atoms with Crippen LogP contribution in [0.3, 0.4) is 0 Å². The van der Waals surface area contributed by atoms with Gasteiger partial charge in [-0.15, -0.1) is 0 Å². The molecule has 0 bridgehead atoms. The summed E-state index contributed by atoms with van der Waals surface area (Å²) >= 11 is 0. The fraction of sp³-hybridized carbons (Fsp3) is 0. The standard InChI is InChI=1S/K.H3O4P/c;1-5(2,3)4/h;(H3,1,2,3,4)/q+1;/p-2. The molecule has 0 N–H and O–H groups in total. The first-order valence-corrected chi connectivity index (χ1v) is 2.19. The Labute approximate surface area is 78.7 Å². The topological polar surface area (TPSA) is 86.2 Å². The van der Waals surface area contributed by atoms with Gasteiger partial charge in [-0.1, -0.05) is 0 Å². The molecule has 0 aliphatic heterocycles. The molecule has 0 atom stereocenters. The number of rotatable bonds is 0. The molecule has 6 heavy (non-hydrogen) atoms. The molecule has 0 aliphatic carbocycles. The quantitative estimate of drug-likeness (QED) is 0.244. The van der Waals surface area contributed by atoms with Gasteiger partial charge in [-0.3, -0.25) is 0 Å². The predicted octanol–water partition coefficient (Wildman–Crippen LogP) is -5.71. The van der Waals surface area contributed by atoms with Gasteiger partial charge < -0.3 is 19.2 Å². The molecule has 0 aromatic carbocycles. The molecule has 0 spiro atoms. The maximum atomic E-state index is 8.55. The van der Waals surface area contributed by atoms with Crippen LogP contribution in [0.25, 0.3) is 0 Å². The van der Waals surface area contributed by atoms with Crippen molar-refractivity contribution in [1.82, 2.24) is 0 Å². The Balaban J connectivity index is -0.0000000800. The van der Waals surface area contributed by atoms with Gasteiger partial charge in [0.1, 0.15) is 0 Å². The minimum absolute atomic E-state index is 0. The van der Waals surface area contributed by atoms with E-state index in [9.17, 15) is 0 Å². The van der Waals surface area contributed by atoms with Crippen LogP contribution in [-0.2, 0) is 4.57 Å². The smallest absolute Gasteiger partial charge is 0.822 e. The molecule has 0 aliphatic rings. The Morgan fingerprint density at radius 2 is 1.33 bits per heavy atom. The van der Waals surface area contributed by atoms with Crippen molar-refractivity contribution in [2.75, 3.05) is 0 Å². The Bertz CT molecular complexity index is 57.8. The summed E-state index contributed by atoms with van der Waals surface area (Å²) in [6.45, 7) is 0. The van der Waals surface area contributed by atoms with E-state index >= 15 is 0 Å². The molecule has 0 aromatic heterocycles. The molecule has 0 amide bonds. The molecule has 32 valence electrons. The fourth-order valence-electron chi connectivity index (χ4n) is 0. The number of hydrogen-bond donors (Lipinski definition) is 0. The normalized spacial score (nSPS) is 9.83. The van der Waals surface area contributed by atoms with E-state index in [4.69, 9.17) is 19.2 Å². The summed E-state index contributed by atoms with van der Waals surface area (Å²) in [4.78, 5) is 25.6. The van der Waals surface area contributed by atoms with Gasteiger partial charge in [0.25, 0.3) is 0 Å². The van der Waals surface area contributed by atoms with Crippen LogP contribution >= 0.6 is 7.82 Å². The molecule has 0 fully saturated rings. The molecule has 0 unspecified atom stereocenters. The summed E-state index contributed by atoms with van der Waals surface area (Å²) in [5, 5.41) is 0. The average Bonchev–Trinajstić information content (AvgIpc) is 0.722. The van der Waals surface area contributed by atoms with Crippen molar-refractivity contribution in [3.8, 4) is 0 Å². The molecule has 0 saturated carbocycles. The van der Waals surface area contributed by atoms with E-state index < -0.39 is 7.82 Å². The molecule has 0 radical (unpaired) electrons. The molecule has 4 nitrogen and oxygen atoms in total. The van der Waals surface area contributed by atoms with Crippen molar-refractivity contribution in [1.29, 1.82) is 0 Å². The largest absolute Gasteiger partial charge is 1.00 e. The molecule has 0 saturated heterocycles. The number of hydrogen-bond acceptors (Lipinski definition) is 4. The molecule has 0 heterocycles. The van der Waals surface area contributed by atoms with E-state index in [2.05, 4.69) is 0 Å². The molecular formula is HKO4P-. The first-order valence-electron chi connectivity index (χ1n) is 0.730. The average molecular weight is 135 g/mol. The summed E-state index contributed by atoms with van der Waals surface area (Å²) in [5.74, 6) is 0. The molecule has 6 heteroatoms. The number of phosphoric acid groups is 1. The summed E-state index contributed by atoms with van der Waals surface area (Å²) in [5.41, 5.74) is 0. The zero-order valence-corrected chi connectivity index (χ0v) is 7.10. The van der Waals surface area contributed by atoms with Gasteiger partial charge in [0.15, 0.2) is 0 Å². The molecular weight excluding hydrogens is 134 g/mol. The summed E-state index contributed by atoms with van der Waals surface area (Å²) in [7, 11) is -5.39. The third kappa shape index (κ3) is 42.4. The van der Waals surface area contributed by atoms with Crippen molar-refractivity contribution in [3.05, 3.63) is 0 Å². The van der Waals surface area contributed by atoms with Crippen LogP contribution in [0.5, 0.6) is 0 Å². The van der Waals surface area contributed by atoms with E-state index in [0.717, 1.165) is 0 Å². The van der Waals surface area contributed by atoms with Gasteiger partial charge in [0.2, 0.25) is 0 Å². The molecule has 0 aromatic rings. The zero-order chi connectivity index (χ0) is 4.50. The van der Waals surface area contributed by atoms with Crippen molar-refractivity contribution in [2.24, 2.45) is 0 Å². The van der Waals surface area contributed by atoms with Crippen molar-refractivity contribution < 1.29 is 72.1 Å². The molecule has 0 rings (SSSR count). The second-order valence-corrected chi connectivity index (χ2v) is 1.34. The Hall–Kier alpha value is 1.75. The van der Waals surface area contributed by atoms with Gasteiger partial charge in [-0.2, -0.15) is 7.82 Å². The minimum atomic E-state index is -5.39. The van der Waals surface area contributed by atoms with Crippen LogP contribution < -0.4 is 66.1 Å². The van der Waals surface area contributed by atoms with Gasteiger partial charge in [0, 0.05) is 0 Å². The van der Waals surface area contributed by atoms with Gasteiger partial charge in [0.05, 0.1) is 0 Å². The zero-order valence-electron chi connectivity index (χ0n) is 4.08. The van der Waals surface area contributed by atoms with Crippen LogP contribution in [-0.4, -0.2) is 0 Å². The van der Waals surface area contributed by atoms with Crippen LogP contribution in [0.4, 0.5) is 0 Å². The van der Waals surface area contributed by atoms with Crippen LogP contribution in [0.1, 0.15) is 1.43 Å². The van der Waals surface area contributed by atoms with Crippen molar-refractivity contribution >= 4 is 7.82 Å². The first kappa shape index (κ1) is 10.7. The maximum absolute atomic E-state index is 8.55. The van der Waals surface area contributed by atoms with Gasteiger partial charge in [-0.05, 0) is 0 Å². The summed E-state index contributed by atoms with van der Waals surface area (Å²) in [6.07, 6.45) is 0. The van der Waals surface area contributed by atoms with Gasteiger partial charge >= 0.3 is 52.8 Å². The first-order chi connectivity index (χ1) is 2.00. The van der Waals surface area contributed by atoms with Gasteiger partial charge in [-0.25, -0.2) is 0 Å². The van der Waals surface area contributed by atoms with E-state index in [-0.39, 0.29) is 52.8 Å². The second-order valence-electron chi connectivity index (χ2n) is 0.447. The monoisotopic (exact) mass is 135 g/mol. The Kier molecular flexibility index (Phi) is 6.61. The van der Waals surface area contributed by atoms with Crippen LogP contribution in [0.15, 0.2) is 0 Å². The van der Waals surface area contributed by atoms with Crippen LogP contribution in [0, 0.1) is 0 Å². The van der Waals surface area contributed by atoms with E-state index in [1.165, 1.54) is 0 Å². The third-order valence-corrected chi connectivity index (χ3v) is 0. The van der Waals surface area contributed by atoms with E-state index in [1.807, 2.05) is 0 Å². The van der Waals surface area contributed by atoms with Crippen molar-refractivity contribution in [2.45, 2.75) is 0 Å². The minimum Gasteiger partial charge on any atom is -0.822 e. The van der Waals surface area contributed by atoms with Crippen molar-refractivity contribution in [3.63, 3.8) is 0 Å². The van der Waals surface area contributed by atoms with E-state index in [0.29, 0.717) is 0 Å². The van der Waals surface area contributed by atoms with Crippen LogP contribution in [0.2, 0.25) is 0 Å². The maximum Gasteiger partial charge on any atom is 1.00 e. The summed E-state index contributed by atoms with van der Waals surface area (Å²) in [6, 6.07) is 0. The summed E-state index contributed by atoms with van der Waals surface area (Å²) < 4.78 is 8.55.